The minimum atomic E-state index is -0.169. The van der Waals surface area contributed by atoms with Crippen molar-refractivity contribution in [2.24, 2.45) is 11.3 Å². The number of likely N-dealkylation sites (tertiary alicyclic amines) is 1. The first-order valence-corrected chi connectivity index (χ1v) is 6.99. The Morgan fingerprint density at radius 3 is 2.28 bits per heavy atom. The van der Waals surface area contributed by atoms with Crippen LogP contribution in [0.1, 0.15) is 46.5 Å². The van der Waals surface area contributed by atoms with E-state index in [0.717, 1.165) is 6.54 Å². The zero-order valence-electron chi connectivity index (χ0n) is 11.7. The van der Waals surface area contributed by atoms with Crippen LogP contribution >= 0.6 is 0 Å². The molecule has 1 aliphatic carbocycles. The topological polar surface area (TPSA) is 49.4 Å². The number of likely N-dealkylation sites (N-methyl/N-ethyl adjacent to an activating group) is 1. The van der Waals surface area contributed by atoms with Crippen LogP contribution in [0.15, 0.2) is 0 Å². The molecule has 1 atom stereocenters. The molecule has 0 aromatic rings. The summed E-state index contributed by atoms with van der Waals surface area (Å²) in [7, 11) is 0. The molecule has 2 amide bonds. The van der Waals surface area contributed by atoms with Gasteiger partial charge in [-0.3, -0.25) is 14.5 Å². The van der Waals surface area contributed by atoms with E-state index in [4.69, 9.17) is 0 Å². The maximum atomic E-state index is 12.1. The molecule has 1 saturated carbocycles. The van der Waals surface area contributed by atoms with E-state index in [1.54, 1.807) is 0 Å². The number of hydrogen-bond donors (Lipinski definition) is 1. The maximum Gasteiger partial charge on any atom is 0.229 e. The van der Waals surface area contributed by atoms with E-state index in [1.165, 1.54) is 17.7 Å². The van der Waals surface area contributed by atoms with Crippen LogP contribution in [0.4, 0.5) is 0 Å². The van der Waals surface area contributed by atoms with Crippen molar-refractivity contribution < 1.29 is 9.59 Å². The van der Waals surface area contributed by atoms with Crippen molar-refractivity contribution >= 4 is 11.8 Å². The van der Waals surface area contributed by atoms with Gasteiger partial charge in [0, 0.05) is 25.4 Å². The molecule has 2 rings (SSSR count). The minimum absolute atomic E-state index is 0.000182. The highest BCUT2D eigenvalue weighted by Crippen LogP contribution is 2.35. The molecule has 2 fully saturated rings. The molecule has 1 saturated heterocycles. The van der Waals surface area contributed by atoms with E-state index in [9.17, 15) is 9.59 Å². The number of nitrogens with one attached hydrogen (secondary N) is 1. The average molecular weight is 252 g/mol. The van der Waals surface area contributed by atoms with Crippen molar-refractivity contribution in [1.29, 1.82) is 0 Å². The summed E-state index contributed by atoms with van der Waals surface area (Å²) in [5.74, 6) is 0.653. The van der Waals surface area contributed by atoms with Crippen molar-refractivity contribution in [2.75, 3.05) is 13.1 Å². The molecule has 0 aromatic heterocycles. The Kier molecular flexibility index (Phi) is 3.76. The number of hydrogen-bond acceptors (Lipinski definition) is 3. The predicted octanol–water partition coefficient (Wildman–Crippen LogP) is 1.55. The largest absolute Gasteiger partial charge is 0.312 e. The number of amides is 2. The van der Waals surface area contributed by atoms with Gasteiger partial charge in [-0.2, -0.15) is 0 Å². The number of imide groups is 1. The second kappa shape index (κ2) is 5.00. The third-order valence-corrected chi connectivity index (χ3v) is 3.90. The summed E-state index contributed by atoms with van der Waals surface area (Å²) >= 11 is 0. The predicted molar refractivity (Wildman–Crippen MR) is 69.9 cm³/mol. The zero-order chi connectivity index (χ0) is 13.3. The van der Waals surface area contributed by atoms with E-state index >= 15 is 0 Å². The molecule has 0 bridgehead atoms. The van der Waals surface area contributed by atoms with E-state index in [0.29, 0.717) is 31.3 Å². The highest BCUT2D eigenvalue weighted by Gasteiger charge is 2.40. The van der Waals surface area contributed by atoms with Crippen molar-refractivity contribution in [1.82, 2.24) is 10.2 Å². The van der Waals surface area contributed by atoms with Gasteiger partial charge in [0.1, 0.15) is 0 Å². The van der Waals surface area contributed by atoms with Crippen LogP contribution < -0.4 is 5.32 Å². The van der Waals surface area contributed by atoms with Crippen molar-refractivity contribution in [2.45, 2.75) is 52.5 Å². The maximum absolute atomic E-state index is 12.1. The van der Waals surface area contributed by atoms with Gasteiger partial charge in [-0.05, 0) is 30.7 Å². The second-order valence-electron chi connectivity index (χ2n) is 6.42. The van der Waals surface area contributed by atoms with Gasteiger partial charge in [-0.25, -0.2) is 0 Å². The Morgan fingerprint density at radius 2 is 1.83 bits per heavy atom. The molecule has 4 heteroatoms. The Balaban J connectivity index is 1.99. The molecule has 4 nitrogen and oxygen atoms in total. The van der Waals surface area contributed by atoms with Gasteiger partial charge in [0.25, 0.3) is 0 Å². The van der Waals surface area contributed by atoms with E-state index in [1.807, 2.05) is 13.8 Å². The van der Waals surface area contributed by atoms with E-state index < -0.39 is 0 Å². The molecular formula is C14H24N2O2. The van der Waals surface area contributed by atoms with Gasteiger partial charge < -0.3 is 5.32 Å². The molecule has 1 aliphatic heterocycles. The Labute approximate surface area is 109 Å². The Bertz CT molecular complexity index is 328. The third kappa shape index (κ3) is 3.10. The van der Waals surface area contributed by atoms with Crippen LogP contribution in [0.2, 0.25) is 0 Å². The average Bonchev–Trinajstić information content (AvgIpc) is 3.03. The number of carbonyl (C=O) groups is 2. The van der Waals surface area contributed by atoms with Crippen LogP contribution in [0.25, 0.3) is 0 Å². The van der Waals surface area contributed by atoms with Crippen LogP contribution in [-0.2, 0) is 9.59 Å². The van der Waals surface area contributed by atoms with Gasteiger partial charge in [0.2, 0.25) is 11.8 Å². The lowest BCUT2D eigenvalue weighted by Crippen LogP contribution is -2.52. The summed E-state index contributed by atoms with van der Waals surface area (Å²) in [6, 6.07) is 0.295. The third-order valence-electron chi connectivity index (χ3n) is 3.90. The minimum Gasteiger partial charge on any atom is -0.312 e. The molecule has 2 aliphatic rings. The van der Waals surface area contributed by atoms with Crippen LogP contribution in [-0.4, -0.2) is 35.8 Å². The van der Waals surface area contributed by atoms with Crippen LogP contribution in [0, 0.1) is 11.3 Å². The summed E-state index contributed by atoms with van der Waals surface area (Å²) in [6.45, 7) is 7.50. The summed E-state index contributed by atoms with van der Waals surface area (Å²) in [5, 5.41) is 3.41. The smallest absolute Gasteiger partial charge is 0.229 e. The van der Waals surface area contributed by atoms with Crippen molar-refractivity contribution in [3.8, 4) is 0 Å². The molecule has 0 spiro atoms. The lowest BCUT2D eigenvalue weighted by Gasteiger charge is -2.36. The Hall–Kier alpha value is -0.900. The lowest BCUT2D eigenvalue weighted by atomic mass is 9.81. The van der Waals surface area contributed by atoms with Gasteiger partial charge >= 0.3 is 0 Å². The molecule has 1 N–H and O–H groups in total. The summed E-state index contributed by atoms with van der Waals surface area (Å²) in [5.41, 5.74) is -0.169. The molecule has 0 aromatic carbocycles. The molecule has 18 heavy (non-hydrogen) atoms. The summed E-state index contributed by atoms with van der Waals surface area (Å²) in [6.07, 6.45) is 3.42. The molecule has 1 unspecified atom stereocenters. The highest BCUT2D eigenvalue weighted by atomic mass is 16.2. The fourth-order valence-corrected chi connectivity index (χ4v) is 2.75. The zero-order valence-corrected chi connectivity index (χ0v) is 11.7. The number of carbonyl (C=O) groups excluding carboxylic acids is 2. The van der Waals surface area contributed by atoms with Crippen molar-refractivity contribution in [3.63, 3.8) is 0 Å². The van der Waals surface area contributed by atoms with Gasteiger partial charge in [-0.1, -0.05) is 20.8 Å². The van der Waals surface area contributed by atoms with Crippen LogP contribution in [0.5, 0.6) is 0 Å². The SMILES string of the molecule is CCNC(CN1C(=O)CC(C)(C)CC1=O)C1CC1. The Morgan fingerprint density at radius 1 is 1.28 bits per heavy atom. The second-order valence-corrected chi connectivity index (χ2v) is 6.42. The standard InChI is InChI=1S/C14H24N2O2/c1-4-15-11(10-5-6-10)9-16-12(17)7-14(2,3)8-13(16)18/h10-11,15H,4-9H2,1-3H3. The monoisotopic (exact) mass is 252 g/mol. The van der Waals surface area contributed by atoms with Gasteiger partial charge in [-0.15, -0.1) is 0 Å². The lowest BCUT2D eigenvalue weighted by molar-refractivity contribution is -0.152. The summed E-state index contributed by atoms with van der Waals surface area (Å²) in [4.78, 5) is 25.6. The highest BCUT2D eigenvalue weighted by molar-refractivity contribution is 5.98. The first-order valence-electron chi connectivity index (χ1n) is 6.99. The normalized spacial score (nSPS) is 25.4. The van der Waals surface area contributed by atoms with Gasteiger partial charge in [0.05, 0.1) is 0 Å². The van der Waals surface area contributed by atoms with E-state index in [-0.39, 0.29) is 17.2 Å². The van der Waals surface area contributed by atoms with E-state index in [2.05, 4.69) is 12.2 Å². The van der Waals surface area contributed by atoms with Crippen LogP contribution in [0.3, 0.4) is 0 Å². The molecule has 102 valence electrons. The fraction of sp³-hybridized carbons (Fsp3) is 0.857. The fourth-order valence-electron chi connectivity index (χ4n) is 2.75. The molecule has 0 radical (unpaired) electrons. The number of nitrogens with zero attached hydrogens (tertiary/aromatic N) is 1. The summed E-state index contributed by atoms with van der Waals surface area (Å²) < 4.78 is 0. The quantitative estimate of drug-likeness (QED) is 0.755. The molecular weight excluding hydrogens is 228 g/mol. The molecule has 1 heterocycles. The number of piperidine rings is 1. The first kappa shape index (κ1) is 13.5. The van der Waals surface area contributed by atoms with Crippen molar-refractivity contribution in [3.05, 3.63) is 0 Å². The first-order chi connectivity index (χ1) is 8.43. The van der Waals surface area contributed by atoms with Gasteiger partial charge in [0.15, 0.2) is 0 Å². The number of rotatable bonds is 5.